The smallest absolute Gasteiger partial charge is 0.251 e. The lowest BCUT2D eigenvalue weighted by atomic mass is 10.2. The van der Waals surface area contributed by atoms with Gasteiger partial charge in [0.1, 0.15) is 12.4 Å². The van der Waals surface area contributed by atoms with Gasteiger partial charge in [-0.1, -0.05) is 18.2 Å². The van der Waals surface area contributed by atoms with E-state index < -0.39 is 0 Å². The third-order valence-corrected chi connectivity index (χ3v) is 5.61. The lowest BCUT2D eigenvalue weighted by molar-refractivity contribution is 0.0679. The van der Waals surface area contributed by atoms with Crippen LogP contribution in [0.5, 0.6) is 5.75 Å². The first-order chi connectivity index (χ1) is 13.3. The van der Waals surface area contributed by atoms with Gasteiger partial charge in [-0.2, -0.15) is 0 Å². The summed E-state index contributed by atoms with van der Waals surface area (Å²) < 4.78 is 12.5. The Kier molecular flexibility index (Phi) is 5.65. The summed E-state index contributed by atoms with van der Waals surface area (Å²) in [4.78, 5) is 17.0. The van der Waals surface area contributed by atoms with E-state index in [1.54, 1.807) is 23.5 Å². The second-order valence-electron chi connectivity index (χ2n) is 6.56. The zero-order valence-electron chi connectivity index (χ0n) is 15.0. The van der Waals surface area contributed by atoms with E-state index >= 15 is 0 Å². The van der Waals surface area contributed by atoms with Crippen LogP contribution in [0.2, 0.25) is 0 Å². The molecular weight excluding hydrogens is 360 g/mol. The van der Waals surface area contributed by atoms with Gasteiger partial charge in [-0.25, -0.2) is 4.98 Å². The molecule has 0 spiro atoms. The standard InChI is InChI=1S/C21H22N2O3S/c24-21(22-11-10-20-23-18-8-1-2-9-19(18)27-20)15-5-3-6-16(13-15)26-14-17-7-4-12-25-17/h1-3,5-6,8-9,13,17H,4,7,10-12,14H2,(H,22,24). The fourth-order valence-corrected chi connectivity index (χ4v) is 4.07. The van der Waals surface area contributed by atoms with Gasteiger partial charge in [-0.15, -0.1) is 11.3 Å². The number of fused-ring (bicyclic) bond motifs is 1. The van der Waals surface area contributed by atoms with Crippen molar-refractivity contribution in [1.82, 2.24) is 10.3 Å². The number of thiazole rings is 1. The molecule has 4 rings (SSSR count). The third kappa shape index (κ3) is 4.64. The van der Waals surface area contributed by atoms with E-state index in [4.69, 9.17) is 9.47 Å². The number of carbonyl (C=O) groups excluding carboxylic acids is 1. The highest BCUT2D eigenvalue weighted by Gasteiger charge is 2.16. The van der Waals surface area contributed by atoms with E-state index in [1.807, 2.05) is 30.3 Å². The maximum absolute atomic E-state index is 12.4. The van der Waals surface area contributed by atoms with Crippen LogP contribution in [0.15, 0.2) is 48.5 Å². The highest BCUT2D eigenvalue weighted by molar-refractivity contribution is 7.18. The van der Waals surface area contributed by atoms with E-state index in [1.165, 1.54) is 4.70 Å². The lowest BCUT2D eigenvalue weighted by Crippen LogP contribution is -2.25. The SMILES string of the molecule is O=C(NCCc1nc2ccccc2s1)c1cccc(OCC2CCCO2)c1. The van der Waals surface area contributed by atoms with E-state index in [0.717, 1.165) is 36.4 Å². The number of hydrogen-bond donors (Lipinski definition) is 1. The average molecular weight is 382 g/mol. The molecule has 1 unspecified atom stereocenters. The van der Waals surface area contributed by atoms with E-state index in [2.05, 4.69) is 16.4 Å². The third-order valence-electron chi connectivity index (χ3n) is 4.52. The summed E-state index contributed by atoms with van der Waals surface area (Å²) in [7, 11) is 0. The number of nitrogens with zero attached hydrogens (tertiary/aromatic N) is 1. The van der Waals surface area contributed by atoms with Gasteiger partial charge in [-0.05, 0) is 43.2 Å². The van der Waals surface area contributed by atoms with Crippen molar-refractivity contribution in [3.05, 3.63) is 59.1 Å². The van der Waals surface area contributed by atoms with Crippen LogP contribution >= 0.6 is 11.3 Å². The van der Waals surface area contributed by atoms with Crippen LogP contribution in [-0.2, 0) is 11.2 Å². The Bertz CT molecular complexity index is 885. The molecule has 2 heterocycles. The molecule has 1 saturated heterocycles. The number of nitrogens with one attached hydrogen (secondary N) is 1. The van der Waals surface area contributed by atoms with Gasteiger partial charge in [0.05, 0.1) is 21.3 Å². The molecular formula is C21H22N2O3S. The Balaban J connectivity index is 1.29. The average Bonchev–Trinajstić information content (AvgIpc) is 3.35. The van der Waals surface area contributed by atoms with E-state index in [9.17, 15) is 4.79 Å². The number of ether oxygens (including phenoxy) is 2. The maximum atomic E-state index is 12.4. The lowest BCUT2D eigenvalue weighted by Gasteiger charge is -2.12. The summed E-state index contributed by atoms with van der Waals surface area (Å²) >= 11 is 1.67. The minimum absolute atomic E-state index is 0.0984. The van der Waals surface area contributed by atoms with Crippen LogP contribution < -0.4 is 10.1 Å². The van der Waals surface area contributed by atoms with Crippen molar-refractivity contribution in [2.45, 2.75) is 25.4 Å². The molecule has 2 aromatic carbocycles. The molecule has 1 amide bonds. The molecule has 1 N–H and O–H groups in total. The van der Waals surface area contributed by atoms with Gasteiger partial charge in [0.15, 0.2) is 0 Å². The second-order valence-corrected chi connectivity index (χ2v) is 7.67. The van der Waals surface area contributed by atoms with Crippen molar-refractivity contribution in [2.24, 2.45) is 0 Å². The first-order valence-electron chi connectivity index (χ1n) is 9.25. The number of carbonyl (C=O) groups is 1. The number of para-hydroxylation sites is 1. The molecule has 1 aliphatic rings. The summed E-state index contributed by atoms with van der Waals surface area (Å²) in [5, 5.41) is 4.00. The van der Waals surface area contributed by atoms with Gasteiger partial charge in [0, 0.05) is 25.1 Å². The Labute approximate surface area is 162 Å². The Morgan fingerprint density at radius 1 is 1.26 bits per heavy atom. The van der Waals surface area contributed by atoms with Gasteiger partial charge in [-0.3, -0.25) is 4.79 Å². The highest BCUT2D eigenvalue weighted by Crippen LogP contribution is 2.21. The van der Waals surface area contributed by atoms with Crippen LogP contribution in [0.4, 0.5) is 0 Å². The zero-order valence-corrected chi connectivity index (χ0v) is 15.8. The molecule has 0 bridgehead atoms. The Hall–Kier alpha value is -2.44. The van der Waals surface area contributed by atoms with Crippen LogP contribution in [0.1, 0.15) is 28.2 Å². The summed E-state index contributed by atoms with van der Waals surface area (Å²) in [5.74, 6) is 0.600. The zero-order chi connectivity index (χ0) is 18.5. The number of amides is 1. The monoisotopic (exact) mass is 382 g/mol. The summed E-state index contributed by atoms with van der Waals surface area (Å²) in [6.07, 6.45) is 3.01. The minimum atomic E-state index is -0.0984. The largest absolute Gasteiger partial charge is 0.491 e. The predicted molar refractivity (Wildman–Crippen MR) is 107 cm³/mol. The van der Waals surface area contributed by atoms with Crippen molar-refractivity contribution in [1.29, 1.82) is 0 Å². The molecule has 3 aromatic rings. The van der Waals surface area contributed by atoms with Crippen LogP contribution in [0, 0.1) is 0 Å². The van der Waals surface area contributed by atoms with E-state index in [0.29, 0.717) is 24.5 Å². The molecule has 5 nitrogen and oxygen atoms in total. The van der Waals surface area contributed by atoms with Gasteiger partial charge in [0.2, 0.25) is 0 Å². The molecule has 0 aliphatic carbocycles. The summed E-state index contributed by atoms with van der Waals surface area (Å²) in [6.45, 7) is 1.90. The molecule has 1 aromatic heterocycles. The molecule has 1 fully saturated rings. The predicted octanol–water partition coefficient (Wildman–Crippen LogP) is 3.83. The molecule has 1 aliphatic heterocycles. The van der Waals surface area contributed by atoms with Crippen molar-refractivity contribution in [2.75, 3.05) is 19.8 Å². The molecule has 0 radical (unpaired) electrons. The summed E-state index contributed by atoms with van der Waals surface area (Å²) in [5.41, 5.74) is 1.61. The fraction of sp³-hybridized carbons (Fsp3) is 0.333. The topological polar surface area (TPSA) is 60.5 Å². The van der Waals surface area contributed by atoms with E-state index in [-0.39, 0.29) is 12.0 Å². The normalized spacial score (nSPS) is 16.5. The van der Waals surface area contributed by atoms with Gasteiger partial charge < -0.3 is 14.8 Å². The molecule has 140 valence electrons. The first kappa shape index (κ1) is 17.9. The number of rotatable bonds is 7. The number of hydrogen-bond acceptors (Lipinski definition) is 5. The summed E-state index contributed by atoms with van der Waals surface area (Å²) in [6, 6.07) is 15.4. The maximum Gasteiger partial charge on any atom is 0.251 e. The molecule has 0 saturated carbocycles. The quantitative estimate of drug-likeness (QED) is 0.675. The second kappa shape index (κ2) is 8.50. The first-order valence-corrected chi connectivity index (χ1v) is 10.1. The minimum Gasteiger partial charge on any atom is -0.491 e. The molecule has 1 atom stereocenters. The van der Waals surface area contributed by atoms with Crippen molar-refractivity contribution >= 4 is 27.5 Å². The molecule has 6 heteroatoms. The Morgan fingerprint density at radius 3 is 3.04 bits per heavy atom. The highest BCUT2D eigenvalue weighted by atomic mass is 32.1. The van der Waals surface area contributed by atoms with Crippen molar-refractivity contribution in [3.8, 4) is 5.75 Å². The molecule has 27 heavy (non-hydrogen) atoms. The van der Waals surface area contributed by atoms with Crippen LogP contribution in [-0.4, -0.2) is 36.8 Å². The van der Waals surface area contributed by atoms with Gasteiger partial charge >= 0.3 is 0 Å². The van der Waals surface area contributed by atoms with Crippen LogP contribution in [0.25, 0.3) is 10.2 Å². The van der Waals surface area contributed by atoms with Crippen molar-refractivity contribution in [3.63, 3.8) is 0 Å². The van der Waals surface area contributed by atoms with Gasteiger partial charge in [0.25, 0.3) is 5.91 Å². The Morgan fingerprint density at radius 2 is 2.19 bits per heavy atom. The number of benzene rings is 2. The van der Waals surface area contributed by atoms with Crippen molar-refractivity contribution < 1.29 is 14.3 Å². The fourth-order valence-electron chi connectivity index (χ4n) is 3.10. The number of aromatic nitrogens is 1. The van der Waals surface area contributed by atoms with Crippen LogP contribution in [0.3, 0.4) is 0 Å².